The highest BCUT2D eigenvalue weighted by Crippen LogP contribution is 2.44. The van der Waals surface area contributed by atoms with E-state index in [1.807, 2.05) is 11.3 Å². The highest BCUT2D eigenvalue weighted by atomic mass is 32.1. The Balaban J connectivity index is 1.94. The zero-order valence-electron chi connectivity index (χ0n) is 14.2. The lowest BCUT2D eigenvalue weighted by atomic mass is 9.79. The van der Waals surface area contributed by atoms with Crippen molar-refractivity contribution in [1.29, 1.82) is 0 Å². The Hall–Kier alpha value is -0.380. The van der Waals surface area contributed by atoms with Crippen LogP contribution < -0.4 is 5.32 Å². The Morgan fingerprint density at radius 1 is 1.38 bits per heavy atom. The van der Waals surface area contributed by atoms with Crippen molar-refractivity contribution in [2.75, 3.05) is 6.54 Å². The second-order valence-electron chi connectivity index (χ2n) is 7.41. The maximum atomic E-state index is 6.29. The summed E-state index contributed by atoms with van der Waals surface area (Å²) < 4.78 is 6.29. The molecule has 21 heavy (non-hydrogen) atoms. The van der Waals surface area contributed by atoms with Crippen LogP contribution in [-0.2, 0) is 11.2 Å². The van der Waals surface area contributed by atoms with Crippen LogP contribution >= 0.6 is 11.3 Å². The maximum absolute atomic E-state index is 6.29. The third-order valence-electron chi connectivity index (χ3n) is 4.61. The molecule has 0 saturated carbocycles. The summed E-state index contributed by atoms with van der Waals surface area (Å²) in [5, 5.41) is 5.90. The predicted molar refractivity (Wildman–Crippen MR) is 92.1 cm³/mol. The van der Waals surface area contributed by atoms with E-state index in [0.29, 0.717) is 12.0 Å². The lowest BCUT2D eigenvalue weighted by Crippen LogP contribution is -2.44. The molecule has 1 saturated heterocycles. The fraction of sp³-hybridized carbons (Fsp3) is 0.778. The van der Waals surface area contributed by atoms with Crippen LogP contribution in [0, 0.1) is 5.92 Å². The maximum Gasteiger partial charge on any atom is 0.0677 e. The van der Waals surface area contributed by atoms with Crippen LogP contribution in [0.1, 0.15) is 58.8 Å². The van der Waals surface area contributed by atoms with E-state index in [4.69, 9.17) is 4.74 Å². The molecule has 2 unspecified atom stereocenters. The van der Waals surface area contributed by atoms with Crippen molar-refractivity contribution in [2.45, 2.75) is 77.5 Å². The molecule has 2 nitrogen and oxygen atoms in total. The van der Waals surface area contributed by atoms with E-state index in [-0.39, 0.29) is 11.2 Å². The topological polar surface area (TPSA) is 21.3 Å². The van der Waals surface area contributed by atoms with Crippen LogP contribution in [-0.4, -0.2) is 23.8 Å². The molecule has 0 spiro atoms. The van der Waals surface area contributed by atoms with Gasteiger partial charge in [-0.2, -0.15) is 0 Å². The van der Waals surface area contributed by atoms with Gasteiger partial charge in [0.05, 0.1) is 11.2 Å². The molecule has 120 valence electrons. The highest BCUT2D eigenvalue weighted by molar-refractivity contribution is 7.09. The minimum Gasteiger partial charge on any atom is -0.369 e. The summed E-state index contributed by atoms with van der Waals surface area (Å²) in [6.45, 7) is 12.2. The number of hydrogen-bond donors (Lipinski definition) is 1. The number of nitrogens with one attached hydrogen (secondary N) is 1. The van der Waals surface area contributed by atoms with Crippen molar-refractivity contribution in [3.05, 3.63) is 22.4 Å². The van der Waals surface area contributed by atoms with Crippen molar-refractivity contribution >= 4 is 11.3 Å². The van der Waals surface area contributed by atoms with Crippen LogP contribution in [0.5, 0.6) is 0 Å². The Labute approximate surface area is 134 Å². The molecule has 3 heteroatoms. The van der Waals surface area contributed by atoms with E-state index in [1.165, 1.54) is 24.1 Å². The molecule has 0 bridgehead atoms. The van der Waals surface area contributed by atoms with Crippen LogP contribution in [0.4, 0.5) is 0 Å². The van der Waals surface area contributed by atoms with Gasteiger partial charge in [-0.3, -0.25) is 0 Å². The lowest BCUT2D eigenvalue weighted by Gasteiger charge is -2.33. The van der Waals surface area contributed by atoms with E-state index in [0.717, 1.165) is 13.0 Å². The first-order valence-corrected chi connectivity index (χ1v) is 9.18. The summed E-state index contributed by atoms with van der Waals surface area (Å²) in [4.78, 5) is 1.51. The van der Waals surface area contributed by atoms with Crippen LogP contribution in [0.3, 0.4) is 0 Å². The molecular weight excluding hydrogens is 278 g/mol. The smallest absolute Gasteiger partial charge is 0.0677 e. The van der Waals surface area contributed by atoms with Gasteiger partial charge in [-0.1, -0.05) is 13.0 Å². The minimum absolute atomic E-state index is 0.00951. The van der Waals surface area contributed by atoms with Crippen LogP contribution in [0.25, 0.3) is 0 Å². The van der Waals surface area contributed by atoms with Gasteiger partial charge in [-0.05, 0) is 71.4 Å². The molecule has 1 fully saturated rings. The van der Waals surface area contributed by atoms with Gasteiger partial charge in [0.15, 0.2) is 0 Å². The zero-order valence-corrected chi connectivity index (χ0v) is 15.1. The third kappa shape index (κ3) is 4.54. The molecule has 0 aromatic carbocycles. The normalized spacial score (nSPS) is 25.1. The second kappa shape index (κ2) is 6.80. The Morgan fingerprint density at radius 3 is 2.67 bits per heavy atom. The number of hydrogen-bond acceptors (Lipinski definition) is 3. The molecule has 1 aromatic rings. The molecule has 2 rings (SSSR count). The largest absolute Gasteiger partial charge is 0.369 e. The van der Waals surface area contributed by atoms with Gasteiger partial charge in [0.1, 0.15) is 0 Å². The van der Waals surface area contributed by atoms with Gasteiger partial charge >= 0.3 is 0 Å². The molecule has 1 aliphatic rings. The first-order valence-electron chi connectivity index (χ1n) is 8.30. The fourth-order valence-corrected chi connectivity index (χ4v) is 4.64. The van der Waals surface area contributed by atoms with Gasteiger partial charge in [0.25, 0.3) is 0 Å². The Kier molecular flexibility index (Phi) is 5.50. The van der Waals surface area contributed by atoms with Gasteiger partial charge in [0, 0.05) is 16.8 Å². The summed E-state index contributed by atoms with van der Waals surface area (Å²) in [6, 6.07) is 4.96. The van der Waals surface area contributed by atoms with Crippen LogP contribution in [0.15, 0.2) is 17.5 Å². The Bertz CT molecular complexity index is 424. The standard InChI is InChI=1S/C18H31NOS/c1-6-19-16(11-7-9-14-10-8-12-21-14)15-13-17(2,3)20-18(15,4)5/h8,10,12,15-16,19H,6-7,9,11,13H2,1-5H3. The SMILES string of the molecule is CCNC(CCCc1cccs1)C1CC(C)(C)OC1(C)C. The average molecular weight is 310 g/mol. The molecule has 0 radical (unpaired) electrons. The van der Waals surface area contributed by atoms with Crippen LogP contribution in [0.2, 0.25) is 0 Å². The lowest BCUT2D eigenvalue weighted by molar-refractivity contribution is -0.0779. The predicted octanol–water partition coefficient (Wildman–Crippen LogP) is 4.64. The molecular formula is C18H31NOS. The molecule has 1 aromatic heterocycles. The summed E-state index contributed by atoms with van der Waals surface area (Å²) >= 11 is 1.87. The van der Waals surface area contributed by atoms with E-state index in [1.54, 1.807) is 0 Å². The van der Waals surface area contributed by atoms with E-state index >= 15 is 0 Å². The van der Waals surface area contributed by atoms with Crippen molar-refractivity contribution in [3.8, 4) is 0 Å². The number of aryl methyl sites for hydroxylation is 1. The van der Waals surface area contributed by atoms with Gasteiger partial charge in [-0.15, -0.1) is 11.3 Å². The van der Waals surface area contributed by atoms with Crippen molar-refractivity contribution in [1.82, 2.24) is 5.32 Å². The van der Waals surface area contributed by atoms with Crippen molar-refractivity contribution in [3.63, 3.8) is 0 Å². The highest BCUT2D eigenvalue weighted by Gasteiger charge is 2.48. The number of thiophene rings is 1. The summed E-state index contributed by atoms with van der Waals surface area (Å²) in [6.07, 6.45) is 4.85. The van der Waals surface area contributed by atoms with Gasteiger partial charge in [0.2, 0.25) is 0 Å². The molecule has 1 aliphatic heterocycles. The quantitative estimate of drug-likeness (QED) is 0.792. The first kappa shape index (κ1) is 17.0. The summed E-state index contributed by atoms with van der Waals surface area (Å²) in [5.41, 5.74) is -0.0190. The molecule has 2 heterocycles. The van der Waals surface area contributed by atoms with E-state index in [9.17, 15) is 0 Å². The molecule has 0 aliphatic carbocycles. The van der Waals surface area contributed by atoms with Gasteiger partial charge < -0.3 is 10.1 Å². The van der Waals surface area contributed by atoms with Crippen molar-refractivity contribution < 1.29 is 4.74 Å². The first-order chi connectivity index (χ1) is 9.84. The molecule has 1 N–H and O–H groups in total. The monoisotopic (exact) mass is 309 g/mol. The fourth-order valence-electron chi connectivity index (χ4n) is 3.89. The number of ether oxygens (including phenoxy) is 1. The third-order valence-corrected chi connectivity index (χ3v) is 5.55. The van der Waals surface area contributed by atoms with E-state index < -0.39 is 0 Å². The summed E-state index contributed by atoms with van der Waals surface area (Å²) in [5.74, 6) is 0.593. The zero-order chi connectivity index (χ0) is 15.5. The van der Waals surface area contributed by atoms with E-state index in [2.05, 4.69) is 57.4 Å². The summed E-state index contributed by atoms with van der Waals surface area (Å²) in [7, 11) is 0. The molecule has 0 amide bonds. The van der Waals surface area contributed by atoms with Gasteiger partial charge in [-0.25, -0.2) is 0 Å². The molecule has 2 atom stereocenters. The van der Waals surface area contributed by atoms with Crippen molar-refractivity contribution in [2.24, 2.45) is 5.92 Å². The minimum atomic E-state index is -0.0285. The Morgan fingerprint density at radius 2 is 2.14 bits per heavy atom. The number of rotatable bonds is 7. The second-order valence-corrected chi connectivity index (χ2v) is 8.44. The average Bonchev–Trinajstić information content (AvgIpc) is 2.93.